The first-order valence-corrected chi connectivity index (χ1v) is 5.02. The number of rotatable bonds is 1. The van der Waals surface area contributed by atoms with Crippen LogP contribution in [-0.4, -0.2) is 16.7 Å². The summed E-state index contributed by atoms with van der Waals surface area (Å²) in [5.41, 5.74) is 0.894. The maximum atomic E-state index is 13.9. The second kappa shape index (κ2) is 3.33. The van der Waals surface area contributed by atoms with Crippen LogP contribution in [0, 0.1) is 6.92 Å². The van der Waals surface area contributed by atoms with Gasteiger partial charge in [-0.05, 0) is 30.9 Å². The molecule has 0 aromatic heterocycles. The molecular formula is C12H13FO2. The topological polar surface area (TPSA) is 37.3 Å². The number of alkyl halides is 1. The minimum absolute atomic E-state index is 0.000648. The van der Waals surface area contributed by atoms with Gasteiger partial charge in [0.25, 0.3) is 0 Å². The first-order valence-electron chi connectivity index (χ1n) is 5.02. The lowest BCUT2D eigenvalue weighted by Gasteiger charge is -2.27. The van der Waals surface area contributed by atoms with Crippen LogP contribution in [0.1, 0.15) is 23.1 Å². The van der Waals surface area contributed by atoms with Crippen molar-refractivity contribution in [3.63, 3.8) is 0 Å². The van der Waals surface area contributed by atoms with Crippen LogP contribution in [0.3, 0.4) is 0 Å². The van der Waals surface area contributed by atoms with Gasteiger partial charge in [-0.2, -0.15) is 0 Å². The van der Waals surface area contributed by atoms with Crippen molar-refractivity contribution in [1.29, 1.82) is 0 Å². The van der Waals surface area contributed by atoms with Crippen LogP contribution in [0.25, 0.3) is 0 Å². The maximum absolute atomic E-state index is 13.9. The fourth-order valence-electron chi connectivity index (χ4n) is 2.07. The molecule has 1 aromatic carbocycles. The number of benzene rings is 1. The quantitative estimate of drug-likeness (QED) is 0.768. The van der Waals surface area contributed by atoms with Gasteiger partial charge in [0.1, 0.15) is 0 Å². The summed E-state index contributed by atoms with van der Waals surface area (Å²) in [5.74, 6) is -1.34. The second-order valence-corrected chi connectivity index (χ2v) is 4.22. The van der Waals surface area contributed by atoms with Crippen LogP contribution in [0.2, 0.25) is 0 Å². The molecule has 0 fully saturated rings. The molecule has 80 valence electrons. The van der Waals surface area contributed by atoms with E-state index in [4.69, 9.17) is 5.11 Å². The number of hydrogen-bond donors (Lipinski definition) is 1. The molecule has 1 N–H and O–H groups in total. The van der Waals surface area contributed by atoms with Crippen LogP contribution in [0.15, 0.2) is 18.2 Å². The molecule has 3 heteroatoms. The minimum atomic E-state index is -2.07. The molecule has 0 heterocycles. The number of hydrogen-bond acceptors (Lipinski definition) is 1. The average molecular weight is 208 g/mol. The zero-order valence-corrected chi connectivity index (χ0v) is 8.59. The van der Waals surface area contributed by atoms with Crippen molar-refractivity contribution >= 4 is 5.97 Å². The van der Waals surface area contributed by atoms with E-state index in [0.29, 0.717) is 6.42 Å². The zero-order chi connectivity index (χ0) is 11.1. The number of halogens is 1. The lowest BCUT2D eigenvalue weighted by atomic mass is 9.81. The molecule has 0 spiro atoms. The van der Waals surface area contributed by atoms with Gasteiger partial charge in [0.2, 0.25) is 5.67 Å². The number of aryl methyl sites for hydroxylation is 2. The smallest absolute Gasteiger partial charge is 0.341 e. The Bertz CT molecular complexity index is 414. The molecule has 1 aromatic rings. The van der Waals surface area contributed by atoms with E-state index in [0.717, 1.165) is 16.7 Å². The van der Waals surface area contributed by atoms with E-state index >= 15 is 0 Å². The van der Waals surface area contributed by atoms with Crippen molar-refractivity contribution in [3.05, 3.63) is 34.9 Å². The second-order valence-electron chi connectivity index (χ2n) is 4.22. The molecular weight excluding hydrogens is 195 g/mol. The summed E-state index contributed by atoms with van der Waals surface area (Å²) in [4.78, 5) is 10.8. The van der Waals surface area contributed by atoms with E-state index < -0.39 is 11.6 Å². The third-order valence-electron chi connectivity index (χ3n) is 3.01. The fourth-order valence-corrected chi connectivity index (χ4v) is 2.07. The molecule has 0 radical (unpaired) electrons. The average Bonchev–Trinajstić information content (AvgIpc) is 2.16. The van der Waals surface area contributed by atoms with Gasteiger partial charge in [0.15, 0.2) is 0 Å². The van der Waals surface area contributed by atoms with Crippen molar-refractivity contribution in [2.75, 3.05) is 0 Å². The lowest BCUT2D eigenvalue weighted by Crippen LogP contribution is -2.39. The van der Waals surface area contributed by atoms with E-state index in [1.165, 1.54) is 0 Å². The van der Waals surface area contributed by atoms with Crippen LogP contribution < -0.4 is 0 Å². The van der Waals surface area contributed by atoms with Crippen LogP contribution in [0.5, 0.6) is 0 Å². The third kappa shape index (κ3) is 1.74. The lowest BCUT2D eigenvalue weighted by molar-refractivity contribution is -0.151. The SMILES string of the molecule is Cc1ccc2c(c1)CC(F)(C(=O)O)CC2. The molecule has 15 heavy (non-hydrogen) atoms. The molecule has 1 atom stereocenters. The monoisotopic (exact) mass is 208 g/mol. The molecule has 0 saturated heterocycles. The van der Waals surface area contributed by atoms with E-state index in [-0.39, 0.29) is 12.8 Å². The Morgan fingerprint density at radius 3 is 2.87 bits per heavy atom. The van der Waals surface area contributed by atoms with Gasteiger partial charge >= 0.3 is 5.97 Å². The molecule has 2 nitrogen and oxygen atoms in total. The van der Waals surface area contributed by atoms with Crippen molar-refractivity contribution in [1.82, 2.24) is 0 Å². The summed E-state index contributed by atoms with van der Waals surface area (Å²) < 4.78 is 13.9. The maximum Gasteiger partial charge on any atom is 0.341 e. The summed E-state index contributed by atoms with van der Waals surface area (Å²) in [6, 6.07) is 5.82. The van der Waals surface area contributed by atoms with Crippen LogP contribution >= 0.6 is 0 Å². The Kier molecular flexibility index (Phi) is 2.25. The molecule has 2 rings (SSSR count). The van der Waals surface area contributed by atoms with Gasteiger partial charge in [-0.3, -0.25) is 0 Å². The molecule has 1 unspecified atom stereocenters. The number of aliphatic carboxylic acids is 1. The van der Waals surface area contributed by atoms with Gasteiger partial charge in [-0.25, -0.2) is 9.18 Å². The molecule has 0 amide bonds. The largest absolute Gasteiger partial charge is 0.479 e. The standard InChI is InChI=1S/C12H13FO2/c1-8-2-3-9-4-5-12(13,11(14)15)7-10(9)6-8/h2-3,6H,4-5,7H2,1H3,(H,14,15). The number of carboxylic acids is 1. The molecule has 1 aliphatic carbocycles. The van der Waals surface area contributed by atoms with Gasteiger partial charge in [-0.15, -0.1) is 0 Å². The normalized spacial score (nSPS) is 24.7. The van der Waals surface area contributed by atoms with Gasteiger partial charge in [0, 0.05) is 6.42 Å². The van der Waals surface area contributed by atoms with Gasteiger partial charge < -0.3 is 5.11 Å². The Labute approximate surface area is 87.7 Å². The van der Waals surface area contributed by atoms with Crippen molar-refractivity contribution in [2.24, 2.45) is 0 Å². The minimum Gasteiger partial charge on any atom is -0.479 e. The third-order valence-corrected chi connectivity index (χ3v) is 3.01. The zero-order valence-electron chi connectivity index (χ0n) is 8.59. The van der Waals surface area contributed by atoms with E-state index in [1.54, 1.807) is 0 Å². The predicted octanol–water partition coefficient (Wildman–Crippen LogP) is 2.28. The number of carbonyl (C=O) groups is 1. The van der Waals surface area contributed by atoms with Gasteiger partial charge in [0.05, 0.1) is 0 Å². The highest BCUT2D eigenvalue weighted by Crippen LogP contribution is 2.32. The highest BCUT2D eigenvalue weighted by atomic mass is 19.1. The first-order chi connectivity index (χ1) is 7.01. The molecule has 0 bridgehead atoms. The molecule has 0 aliphatic heterocycles. The van der Waals surface area contributed by atoms with E-state index in [2.05, 4.69) is 0 Å². The summed E-state index contributed by atoms with van der Waals surface area (Å²) in [5, 5.41) is 8.82. The summed E-state index contributed by atoms with van der Waals surface area (Å²) >= 11 is 0. The Hall–Kier alpha value is -1.38. The highest BCUT2D eigenvalue weighted by molar-refractivity contribution is 5.78. The van der Waals surface area contributed by atoms with Crippen molar-refractivity contribution in [3.8, 4) is 0 Å². The first kappa shape index (κ1) is 10.1. The van der Waals surface area contributed by atoms with Gasteiger partial charge in [-0.1, -0.05) is 23.8 Å². The van der Waals surface area contributed by atoms with Crippen molar-refractivity contribution < 1.29 is 14.3 Å². The summed E-state index contributed by atoms with van der Waals surface area (Å²) in [6.45, 7) is 1.93. The Morgan fingerprint density at radius 2 is 2.20 bits per heavy atom. The summed E-state index contributed by atoms with van der Waals surface area (Å²) in [7, 11) is 0. The molecule has 0 saturated carbocycles. The molecule has 1 aliphatic rings. The number of fused-ring (bicyclic) bond motifs is 1. The Morgan fingerprint density at radius 1 is 1.47 bits per heavy atom. The summed E-state index contributed by atoms with van der Waals surface area (Å²) in [6.07, 6.45) is 0.593. The number of carboxylic acid groups (broad SMARTS) is 1. The van der Waals surface area contributed by atoms with E-state index in [1.807, 2.05) is 25.1 Å². The fraction of sp³-hybridized carbons (Fsp3) is 0.417. The van der Waals surface area contributed by atoms with Crippen LogP contribution in [0.4, 0.5) is 4.39 Å². The van der Waals surface area contributed by atoms with Crippen molar-refractivity contribution in [2.45, 2.75) is 31.9 Å². The predicted molar refractivity (Wildman–Crippen MR) is 54.7 cm³/mol. The van der Waals surface area contributed by atoms with Crippen LogP contribution in [-0.2, 0) is 17.6 Å². The highest BCUT2D eigenvalue weighted by Gasteiger charge is 2.41. The van der Waals surface area contributed by atoms with E-state index in [9.17, 15) is 9.18 Å². The Balaban J connectivity index is 2.37.